The Balaban J connectivity index is 1.97. The third-order valence-electron chi connectivity index (χ3n) is 3.71. The summed E-state index contributed by atoms with van der Waals surface area (Å²) in [5, 5.41) is 10.4. The quantitative estimate of drug-likeness (QED) is 0.945. The van der Waals surface area contributed by atoms with Crippen molar-refractivity contribution in [3.63, 3.8) is 0 Å². The second kappa shape index (κ2) is 5.58. The highest BCUT2D eigenvalue weighted by Crippen LogP contribution is 2.30. The van der Waals surface area contributed by atoms with Gasteiger partial charge in [-0.25, -0.2) is 0 Å². The number of aliphatic hydroxyl groups excluding tert-OH is 1. The summed E-state index contributed by atoms with van der Waals surface area (Å²) in [4.78, 5) is 24.6. The smallest absolute Gasteiger partial charge is 0.192 e. The predicted molar refractivity (Wildman–Crippen MR) is 81.1 cm³/mol. The second-order valence-electron chi connectivity index (χ2n) is 5.01. The second-order valence-corrected chi connectivity index (χ2v) is 5.01. The first-order chi connectivity index (χ1) is 10.6. The van der Waals surface area contributed by atoms with E-state index in [2.05, 4.69) is 0 Å². The molecule has 4 heteroatoms. The van der Waals surface area contributed by atoms with E-state index < -0.39 is 6.10 Å². The fourth-order valence-corrected chi connectivity index (χ4v) is 2.50. The van der Waals surface area contributed by atoms with E-state index in [4.69, 9.17) is 4.74 Å². The van der Waals surface area contributed by atoms with E-state index in [9.17, 15) is 14.7 Å². The molecule has 0 spiro atoms. The van der Waals surface area contributed by atoms with Crippen molar-refractivity contribution < 1.29 is 19.4 Å². The number of aliphatic hydroxyl groups is 1. The van der Waals surface area contributed by atoms with Crippen LogP contribution >= 0.6 is 0 Å². The Labute approximate surface area is 127 Å². The van der Waals surface area contributed by atoms with E-state index in [1.54, 1.807) is 55.6 Å². The number of Topliss-reactive ketones (excluding diaryl/α,β-unsaturated/α-hetero) is 1. The monoisotopic (exact) mass is 294 g/mol. The van der Waals surface area contributed by atoms with E-state index in [-0.39, 0.29) is 17.1 Å². The first-order valence-electron chi connectivity index (χ1n) is 6.83. The van der Waals surface area contributed by atoms with Gasteiger partial charge in [0.25, 0.3) is 0 Å². The Bertz CT molecular complexity index is 772. The van der Waals surface area contributed by atoms with Crippen molar-refractivity contribution in [1.82, 2.24) is 0 Å². The molecule has 3 rings (SSSR count). The van der Waals surface area contributed by atoms with Crippen LogP contribution in [-0.4, -0.2) is 23.8 Å². The van der Waals surface area contributed by atoms with Crippen LogP contribution in [0.15, 0.2) is 60.2 Å². The number of carbonyl (C=O) groups is 2. The third kappa shape index (κ3) is 2.34. The van der Waals surface area contributed by atoms with Gasteiger partial charge in [0.1, 0.15) is 11.9 Å². The lowest BCUT2D eigenvalue weighted by molar-refractivity contribution is 0.0947. The topological polar surface area (TPSA) is 63.6 Å². The lowest BCUT2D eigenvalue weighted by atomic mass is 9.85. The molecule has 1 aliphatic carbocycles. The van der Waals surface area contributed by atoms with Crippen LogP contribution in [0.1, 0.15) is 32.4 Å². The summed E-state index contributed by atoms with van der Waals surface area (Å²) in [6.45, 7) is 0. The zero-order valence-electron chi connectivity index (χ0n) is 11.9. The van der Waals surface area contributed by atoms with Gasteiger partial charge >= 0.3 is 0 Å². The van der Waals surface area contributed by atoms with E-state index in [1.807, 2.05) is 0 Å². The van der Waals surface area contributed by atoms with E-state index >= 15 is 0 Å². The summed E-state index contributed by atoms with van der Waals surface area (Å²) >= 11 is 0. The van der Waals surface area contributed by atoms with Gasteiger partial charge in [0, 0.05) is 16.7 Å². The average molecular weight is 294 g/mol. The molecule has 0 aromatic heterocycles. The molecule has 0 saturated heterocycles. The minimum absolute atomic E-state index is 0.0915. The molecule has 1 aliphatic rings. The van der Waals surface area contributed by atoms with E-state index in [0.717, 1.165) is 0 Å². The van der Waals surface area contributed by atoms with Crippen molar-refractivity contribution in [3.8, 4) is 5.75 Å². The number of hydrogen-bond donors (Lipinski definition) is 1. The van der Waals surface area contributed by atoms with Crippen molar-refractivity contribution in [2.75, 3.05) is 7.11 Å². The van der Waals surface area contributed by atoms with Crippen LogP contribution in [0.4, 0.5) is 0 Å². The number of rotatable bonds is 3. The van der Waals surface area contributed by atoms with Crippen molar-refractivity contribution in [2.24, 2.45) is 0 Å². The van der Waals surface area contributed by atoms with Gasteiger partial charge < -0.3 is 9.84 Å². The molecule has 2 aromatic carbocycles. The lowest BCUT2D eigenvalue weighted by Gasteiger charge is -2.19. The fourth-order valence-electron chi connectivity index (χ4n) is 2.50. The molecule has 110 valence electrons. The number of ether oxygens (including phenoxy) is 1. The number of benzene rings is 2. The minimum Gasteiger partial charge on any atom is -0.497 e. The Hall–Kier alpha value is -2.72. The Morgan fingerprint density at radius 1 is 0.955 bits per heavy atom. The highest BCUT2D eigenvalue weighted by molar-refractivity contribution is 6.24. The van der Waals surface area contributed by atoms with Gasteiger partial charge in [0.15, 0.2) is 11.6 Å². The summed E-state index contributed by atoms with van der Waals surface area (Å²) in [6, 6.07) is 13.4. The number of allylic oxidation sites excluding steroid dienone is 1. The van der Waals surface area contributed by atoms with Crippen molar-refractivity contribution >= 4 is 11.6 Å². The Morgan fingerprint density at radius 2 is 1.59 bits per heavy atom. The molecular weight excluding hydrogens is 280 g/mol. The summed E-state index contributed by atoms with van der Waals surface area (Å²) < 4.78 is 5.06. The molecule has 0 radical (unpaired) electrons. The maximum atomic E-state index is 12.5. The molecule has 0 aliphatic heterocycles. The highest BCUT2D eigenvalue weighted by Gasteiger charge is 2.29. The lowest BCUT2D eigenvalue weighted by Crippen LogP contribution is -2.21. The Morgan fingerprint density at radius 3 is 2.23 bits per heavy atom. The normalized spacial score (nSPS) is 15.1. The van der Waals surface area contributed by atoms with Gasteiger partial charge in [-0.05, 0) is 23.8 Å². The summed E-state index contributed by atoms with van der Waals surface area (Å²) in [5.74, 6) is 0.0672. The van der Waals surface area contributed by atoms with Crippen LogP contribution in [0.25, 0.3) is 0 Å². The number of fused-ring (bicyclic) bond motifs is 1. The van der Waals surface area contributed by atoms with Gasteiger partial charge in [0.05, 0.1) is 7.11 Å². The molecule has 0 saturated carbocycles. The average Bonchev–Trinajstić information content (AvgIpc) is 2.57. The number of hydrogen-bond acceptors (Lipinski definition) is 4. The van der Waals surface area contributed by atoms with E-state index in [1.165, 1.54) is 6.08 Å². The third-order valence-corrected chi connectivity index (χ3v) is 3.71. The standard InChI is InChI=1S/C18H14O4/c1-22-12-8-6-11(7-9-12)17(20)15-10-16(19)13-4-2-3-5-14(13)18(15)21/h2-10,17,20H,1H3/t17-/m0/s1. The molecule has 22 heavy (non-hydrogen) atoms. The van der Waals surface area contributed by atoms with Crippen molar-refractivity contribution in [3.05, 3.63) is 76.9 Å². The Kier molecular flexibility index (Phi) is 3.61. The van der Waals surface area contributed by atoms with Gasteiger partial charge in [-0.3, -0.25) is 9.59 Å². The van der Waals surface area contributed by atoms with Gasteiger partial charge in [0.2, 0.25) is 0 Å². The number of carbonyl (C=O) groups excluding carboxylic acids is 2. The first-order valence-corrected chi connectivity index (χ1v) is 6.83. The molecule has 0 fully saturated rings. The molecule has 1 N–H and O–H groups in total. The maximum Gasteiger partial charge on any atom is 0.192 e. The largest absolute Gasteiger partial charge is 0.497 e. The number of methoxy groups -OCH3 is 1. The summed E-state index contributed by atoms with van der Waals surface area (Å²) in [6.07, 6.45) is 0.0789. The first kappa shape index (κ1) is 14.2. The summed E-state index contributed by atoms with van der Waals surface area (Å²) in [5.41, 5.74) is 1.33. The zero-order chi connectivity index (χ0) is 15.7. The number of ketones is 2. The van der Waals surface area contributed by atoms with Crippen LogP contribution in [0.2, 0.25) is 0 Å². The van der Waals surface area contributed by atoms with Crippen LogP contribution in [0, 0.1) is 0 Å². The van der Waals surface area contributed by atoms with Crippen LogP contribution in [0.3, 0.4) is 0 Å². The molecule has 1 atom stereocenters. The van der Waals surface area contributed by atoms with E-state index in [0.29, 0.717) is 22.4 Å². The molecule has 0 heterocycles. The fraction of sp³-hybridized carbons (Fsp3) is 0.111. The maximum absolute atomic E-state index is 12.5. The molecule has 0 amide bonds. The van der Waals surface area contributed by atoms with Gasteiger partial charge in [-0.1, -0.05) is 36.4 Å². The van der Waals surface area contributed by atoms with Gasteiger partial charge in [-0.2, -0.15) is 0 Å². The van der Waals surface area contributed by atoms with Crippen molar-refractivity contribution in [1.29, 1.82) is 0 Å². The van der Waals surface area contributed by atoms with Gasteiger partial charge in [-0.15, -0.1) is 0 Å². The highest BCUT2D eigenvalue weighted by atomic mass is 16.5. The van der Waals surface area contributed by atoms with Crippen LogP contribution in [0.5, 0.6) is 5.75 Å². The SMILES string of the molecule is COc1ccc([C@H](O)C2=CC(=O)c3ccccc3C2=O)cc1. The summed E-state index contributed by atoms with van der Waals surface area (Å²) in [7, 11) is 1.55. The van der Waals surface area contributed by atoms with Crippen LogP contribution in [-0.2, 0) is 0 Å². The minimum atomic E-state index is -1.14. The predicted octanol–water partition coefficient (Wildman–Crippen LogP) is 2.73. The molecule has 0 bridgehead atoms. The molecular formula is C18H14O4. The molecule has 0 unspecified atom stereocenters. The molecule has 2 aromatic rings. The van der Waals surface area contributed by atoms with Crippen molar-refractivity contribution in [2.45, 2.75) is 6.10 Å². The zero-order valence-corrected chi connectivity index (χ0v) is 11.9. The van der Waals surface area contributed by atoms with Crippen LogP contribution < -0.4 is 4.74 Å². The molecule has 4 nitrogen and oxygen atoms in total.